The molecule has 7 heteroatoms. The number of para-hydroxylation sites is 3. The molecule has 0 spiro atoms. The molecule has 0 aliphatic carbocycles. The van der Waals surface area contributed by atoms with Crippen LogP contribution < -0.4 is 21.9 Å². The highest BCUT2D eigenvalue weighted by molar-refractivity contribution is 6.07. The SMILES string of the molecule is COc1ccc(-c2[nH]c3ccccc3c2-c2c(CN)c(N)n3c(nc4ccccc43)c2CN)cc1. The fourth-order valence-corrected chi connectivity index (χ4v) is 5.11. The minimum Gasteiger partial charge on any atom is -0.497 e. The second-order valence-electron chi connectivity index (χ2n) is 8.53. The number of hydrogen-bond acceptors (Lipinski definition) is 5. The van der Waals surface area contributed by atoms with Crippen molar-refractivity contribution < 1.29 is 4.74 Å². The third-order valence-electron chi connectivity index (χ3n) is 6.73. The van der Waals surface area contributed by atoms with Gasteiger partial charge in [-0.25, -0.2) is 4.98 Å². The van der Waals surface area contributed by atoms with Crippen molar-refractivity contribution in [2.75, 3.05) is 12.8 Å². The third kappa shape index (κ3) is 3.10. The summed E-state index contributed by atoms with van der Waals surface area (Å²) in [5, 5.41) is 1.07. The van der Waals surface area contributed by atoms with Crippen molar-refractivity contribution in [1.82, 2.24) is 14.4 Å². The molecule has 0 saturated heterocycles. The number of benzene rings is 3. The number of fused-ring (bicyclic) bond motifs is 4. The van der Waals surface area contributed by atoms with Crippen molar-refractivity contribution in [3.63, 3.8) is 0 Å². The number of methoxy groups -OCH3 is 1. The average molecular weight is 463 g/mol. The van der Waals surface area contributed by atoms with E-state index in [9.17, 15) is 0 Å². The maximum absolute atomic E-state index is 6.82. The predicted molar refractivity (Wildman–Crippen MR) is 142 cm³/mol. The van der Waals surface area contributed by atoms with Gasteiger partial charge in [-0.15, -0.1) is 0 Å². The van der Waals surface area contributed by atoms with Crippen molar-refractivity contribution in [1.29, 1.82) is 0 Å². The normalized spacial score (nSPS) is 11.6. The van der Waals surface area contributed by atoms with E-state index in [4.69, 9.17) is 26.9 Å². The number of nitrogens with two attached hydrogens (primary N) is 3. The van der Waals surface area contributed by atoms with Gasteiger partial charge < -0.3 is 26.9 Å². The number of H-pyrrole nitrogens is 1. The molecule has 0 radical (unpaired) electrons. The number of nitrogens with one attached hydrogen (secondary N) is 1. The molecule has 35 heavy (non-hydrogen) atoms. The van der Waals surface area contributed by atoms with E-state index in [0.29, 0.717) is 5.82 Å². The highest BCUT2D eigenvalue weighted by Crippen LogP contribution is 2.44. The first-order valence-corrected chi connectivity index (χ1v) is 11.5. The summed E-state index contributed by atoms with van der Waals surface area (Å²) in [6.07, 6.45) is 0. The Morgan fingerprint density at radius 3 is 2.31 bits per heavy atom. The van der Waals surface area contributed by atoms with Crippen LogP contribution in [-0.2, 0) is 13.1 Å². The van der Waals surface area contributed by atoms with Crippen molar-refractivity contribution >= 4 is 33.4 Å². The summed E-state index contributed by atoms with van der Waals surface area (Å²) in [5.41, 5.74) is 28.9. The highest BCUT2D eigenvalue weighted by atomic mass is 16.5. The van der Waals surface area contributed by atoms with Gasteiger partial charge in [-0.1, -0.05) is 30.3 Å². The van der Waals surface area contributed by atoms with Crippen LogP contribution in [0.4, 0.5) is 5.82 Å². The lowest BCUT2D eigenvalue weighted by Gasteiger charge is -2.19. The van der Waals surface area contributed by atoms with E-state index in [0.717, 1.165) is 66.8 Å². The predicted octanol–water partition coefficient (Wildman–Crippen LogP) is 4.81. The molecule has 0 saturated carbocycles. The molecular weight excluding hydrogens is 436 g/mol. The largest absolute Gasteiger partial charge is 0.497 e. The first kappa shape index (κ1) is 21.2. The minimum absolute atomic E-state index is 0.262. The first-order chi connectivity index (χ1) is 17.2. The molecule has 6 aromatic rings. The average Bonchev–Trinajstić information content (AvgIpc) is 3.47. The summed E-state index contributed by atoms with van der Waals surface area (Å²) < 4.78 is 7.35. The summed E-state index contributed by atoms with van der Waals surface area (Å²) in [5.74, 6) is 1.38. The van der Waals surface area contributed by atoms with Crippen LogP contribution >= 0.6 is 0 Å². The zero-order valence-corrected chi connectivity index (χ0v) is 19.4. The van der Waals surface area contributed by atoms with Crippen molar-refractivity contribution in [3.05, 3.63) is 83.9 Å². The molecule has 7 nitrogen and oxygen atoms in total. The molecule has 0 bridgehead atoms. The lowest BCUT2D eigenvalue weighted by atomic mass is 9.91. The number of rotatable bonds is 5. The van der Waals surface area contributed by atoms with E-state index in [2.05, 4.69) is 17.1 Å². The van der Waals surface area contributed by atoms with Crippen LogP contribution in [0.3, 0.4) is 0 Å². The van der Waals surface area contributed by atoms with Gasteiger partial charge in [-0.2, -0.15) is 0 Å². The quantitative estimate of drug-likeness (QED) is 0.293. The molecule has 7 N–H and O–H groups in total. The number of anilines is 1. The fourth-order valence-electron chi connectivity index (χ4n) is 5.11. The van der Waals surface area contributed by atoms with E-state index in [1.165, 1.54) is 0 Å². The number of ether oxygens (including phenoxy) is 1. The van der Waals surface area contributed by atoms with E-state index >= 15 is 0 Å². The monoisotopic (exact) mass is 462 g/mol. The minimum atomic E-state index is 0.262. The molecule has 3 aromatic carbocycles. The molecule has 0 amide bonds. The second kappa shape index (κ2) is 8.16. The van der Waals surface area contributed by atoms with Gasteiger partial charge in [-0.3, -0.25) is 4.40 Å². The van der Waals surface area contributed by atoms with Crippen molar-refractivity contribution in [3.8, 4) is 28.1 Å². The number of hydrogen-bond donors (Lipinski definition) is 4. The highest BCUT2D eigenvalue weighted by Gasteiger charge is 2.25. The van der Waals surface area contributed by atoms with Gasteiger partial charge in [0, 0.05) is 46.2 Å². The Morgan fingerprint density at radius 2 is 1.57 bits per heavy atom. The van der Waals surface area contributed by atoms with Gasteiger partial charge in [0.05, 0.1) is 23.8 Å². The number of imidazole rings is 1. The van der Waals surface area contributed by atoms with Crippen LogP contribution in [0.15, 0.2) is 72.8 Å². The van der Waals surface area contributed by atoms with Gasteiger partial charge in [0.2, 0.25) is 0 Å². The summed E-state index contributed by atoms with van der Waals surface area (Å²) >= 11 is 0. The lowest BCUT2D eigenvalue weighted by Crippen LogP contribution is -2.14. The van der Waals surface area contributed by atoms with Gasteiger partial charge in [0.25, 0.3) is 0 Å². The Balaban J connectivity index is 1.77. The smallest absolute Gasteiger partial charge is 0.144 e. The van der Waals surface area contributed by atoms with E-state index in [1.807, 2.05) is 65.1 Å². The van der Waals surface area contributed by atoms with E-state index < -0.39 is 0 Å². The first-order valence-electron chi connectivity index (χ1n) is 11.5. The van der Waals surface area contributed by atoms with E-state index in [-0.39, 0.29) is 13.1 Å². The zero-order chi connectivity index (χ0) is 24.1. The standard InChI is InChI=1S/C28H26N6O/c1-35-17-12-10-16(11-13-17)26-25(18-6-2-3-7-21(18)32-26)24-19(14-29)27(31)34-23-9-5-4-8-22(23)33-28(34)20(24)15-30/h2-13,32H,14-15,29-31H2,1H3. The Kier molecular flexibility index (Phi) is 4.95. The van der Waals surface area contributed by atoms with Gasteiger partial charge >= 0.3 is 0 Å². The molecule has 3 heterocycles. The summed E-state index contributed by atoms with van der Waals surface area (Å²) in [6, 6.07) is 24.2. The van der Waals surface area contributed by atoms with Gasteiger partial charge in [-0.05, 0) is 48.0 Å². The maximum Gasteiger partial charge on any atom is 0.144 e. The number of pyridine rings is 1. The molecule has 0 unspecified atom stereocenters. The molecule has 174 valence electrons. The molecular formula is C28H26N6O. The van der Waals surface area contributed by atoms with Crippen LogP contribution in [0.25, 0.3) is 50.0 Å². The maximum atomic E-state index is 6.82. The number of nitrogen functional groups attached to an aromatic ring is 1. The van der Waals surface area contributed by atoms with Crippen molar-refractivity contribution in [2.24, 2.45) is 11.5 Å². The molecule has 0 atom stereocenters. The van der Waals surface area contributed by atoms with Crippen LogP contribution in [0.2, 0.25) is 0 Å². The molecule has 6 rings (SSSR count). The van der Waals surface area contributed by atoms with Gasteiger partial charge in [0.15, 0.2) is 0 Å². The Hall–Kier alpha value is -4.33. The third-order valence-corrected chi connectivity index (χ3v) is 6.73. The summed E-state index contributed by atoms with van der Waals surface area (Å²) in [7, 11) is 1.66. The molecule has 0 aliphatic heterocycles. The second-order valence-corrected chi connectivity index (χ2v) is 8.53. The number of nitrogens with zero attached hydrogens (tertiary/aromatic N) is 2. The number of aromatic amines is 1. The lowest BCUT2D eigenvalue weighted by molar-refractivity contribution is 0.415. The van der Waals surface area contributed by atoms with Crippen LogP contribution in [-0.4, -0.2) is 21.5 Å². The molecule has 0 fully saturated rings. The topological polar surface area (TPSA) is 120 Å². The summed E-state index contributed by atoms with van der Waals surface area (Å²) in [6.45, 7) is 0.551. The van der Waals surface area contributed by atoms with Crippen LogP contribution in [0, 0.1) is 0 Å². The van der Waals surface area contributed by atoms with Crippen LogP contribution in [0.5, 0.6) is 5.75 Å². The van der Waals surface area contributed by atoms with E-state index in [1.54, 1.807) is 7.11 Å². The fraction of sp³-hybridized carbons (Fsp3) is 0.107. The van der Waals surface area contributed by atoms with Gasteiger partial charge in [0.1, 0.15) is 17.2 Å². The Morgan fingerprint density at radius 1 is 0.857 bits per heavy atom. The van der Waals surface area contributed by atoms with Crippen LogP contribution in [0.1, 0.15) is 11.1 Å². The summed E-state index contributed by atoms with van der Waals surface area (Å²) in [4.78, 5) is 8.56. The Labute approximate surface area is 202 Å². The molecule has 3 aromatic heterocycles. The number of aromatic nitrogens is 3. The van der Waals surface area contributed by atoms with Crippen molar-refractivity contribution in [2.45, 2.75) is 13.1 Å². The Bertz CT molecular complexity index is 1710. The zero-order valence-electron chi connectivity index (χ0n) is 19.4. The molecule has 0 aliphatic rings.